The molecule has 0 saturated carbocycles. The van der Waals surface area contributed by atoms with Crippen LogP contribution in [0, 0.1) is 5.41 Å². The van der Waals surface area contributed by atoms with Crippen LogP contribution in [0.2, 0.25) is 0 Å². The van der Waals surface area contributed by atoms with Crippen molar-refractivity contribution >= 4 is 69.1 Å². The Balaban J connectivity index is 0.00000936. The molecule has 1 fully saturated rings. The maximum atomic E-state index is 12.6. The Morgan fingerprint density at radius 3 is 2.37 bits per heavy atom. The van der Waals surface area contributed by atoms with Gasteiger partial charge in [0, 0.05) is 37.6 Å². The van der Waals surface area contributed by atoms with E-state index >= 15 is 0 Å². The van der Waals surface area contributed by atoms with E-state index in [-0.39, 0.29) is 47.1 Å². The zero-order valence-corrected chi connectivity index (χ0v) is 31.1. The predicted molar refractivity (Wildman–Crippen MR) is 176 cm³/mol. The van der Waals surface area contributed by atoms with Crippen LogP contribution >= 0.6 is 35.2 Å². The molecule has 1 aliphatic heterocycles. The van der Waals surface area contributed by atoms with Crippen LogP contribution in [0.1, 0.15) is 33.4 Å². The van der Waals surface area contributed by atoms with Gasteiger partial charge in [0.15, 0.2) is 22.8 Å². The van der Waals surface area contributed by atoms with Gasteiger partial charge in [0.05, 0.1) is 19.5 Å². The number of fused-ring (bicyclic) bond motifs is 1. The lowest BCUT2D eigenvalue weighted by atomic mass is 9.87. The average molecular weight is 828 g/mol. The van der Waals surface area contributed by atoms with Crippen LogP contribution in [0.15, 0.2) is 12.7 Å². The second-order valence-corrected chi connectivity index (χ2v) is 16.9. The van der Waals surface area contributed by atoms with Crippen molar-refractivity contribution in [2.45, 2.75) is 57.8 Å². The van der Waals surface area contributed by atoms with Gasteiger partial charge < -0.3 is 56.4 Å². The van der Waals surface area contributed by atoms with Crippen molar-refractivity contribution in [2.24, 2.45) is 5.41 Å². The number of phosphoric acid groups is 3. The summed E-state index contributed by atoms with van der Waals surface area (Å²) in [5.41, 5.74) is 4.26. The molecule has 0 spiro atoms. The number of imidazole rings is 1. The van der Waals surface area contributed by atoms with E-state index in [0.29, 0.717) is 5.75 Å². The number of aliphatic hydroxyl groups excluding tert-OH is 2. The molecule has 0 bridgehead atoms. The van der Waals surface area contributed by atoms with Gasteiger partial charge in [-0.3, -0.25) is 32.5 Å². The molecule has 29 heteroatoms. The number of carbonyl (C=O) groups excluding carboxylic acids is 3. The Bertz CT molecular complexity index is 1710. The van der Waals surface area contributed by atoms with Crippen LogP contribution in [0.5, 0.6) is 0 Å². The summed E-state index contributed by atoms with van der Waals surface area (Å²) in [6, 6.07) is 0. The summed E-state index contributed by atoms with van der Waals surface area (Å²) in [6.45, 7) is 1.90. The third-order valence-electron chi connectivity index (χ3n) is 6.81. The smallest absolute Gasteiger partial charge is 0.412 e. The highest BCUT2D eigenvalue weighted by Gasteiger charge is 2.50. The molecular formula is C23H40N7O18P3S. The highest BCUT2D eigenvalue weighted by molar-refractivity contribution is 8.13. The number of nitrogens with one attached hydrogen (secondary N) is 2. The Morgan fingerprint density at radius 1 is 1.08 bits per heavy atom. The lowest BCUT2D eigenvalue weighted by molar-refractivity contribution is -0.137. The van der Waals surface area contributed by atoms with Crippen molar-refractivity contribution in [3.8, 4) is 0 Å². The number of thioether (sulfide) groups is 1. The summed E-state index contributed by atoms with van der Waals surface area (Å²) >= 11 is 1.03. The molecule has 0 aliphatic carbocycles. The van der Waals surface area contributed by atoms with Gasteiger partial charge in [0.2, 0.25) is 11.8 Å². The van der Waals surface area contributed by atoms with Gasteiger partial charge in [0.1, 0.15) is 36.3 Å². The molecule has 1 saturated heterocycles. The molecule has 25 nitrogen and oxygen atoms in total. The number of phosphoric ester groups is 3. The molecule has 0 aromatic carbocycles. The maximum absolute atomic E-state index is 12.6. The van der Waals surface area contributed by atoms with Gasteiger partial charge in [-0.25, -0.2) is 28.6 Å². The Labute approximate surface area is 298 Å². The first-order valence-corrected chi connectivity index (χ1v) is 20.0. The van der Waals surface area contributed by atoms with Crippen molar-refractivity contribution in [1.29, 1.82) is 0 Å². The predicted octanol–water partition coefficient (Wildman–Crippen LogP) is -2.14. The molecule has 296 valence electrons. The summed E-state index contributed by atoms with van der Waals surface area (Å²) in [6.07, 6.45) is -6.88. The first kappa shape index (κ1) is 45.7. The lowest BCUT2D eigenvalue weighted by Gasteiger charge is -2.30. The number of nitrogens with two attached hydrogens (primary N) is 1. The van der Waals surface area contributed by atoms with E-state index < -0.39 is 84.6 Å². The minimum Gasteiger partial charge on any atom is -0.412 e. The van der Waals surface area contributed by atoms with Gasteiger partial charge in [0.25, 0.3) is 0 Å². The van der Waals surface area contributed by atoms with E-state index in [4.69, 9.17) is 19.5 Å². The minimum atomic E-state index is -5.56. The molecule has 12 N–H and O–H groups in total. The fraction of sp³-hybridized carbons (Fsp3) is 0.652. The summed E-state index contributed by atoms with van der Waals surface area (Å²) in [5, 5.41) is 26.1. The van der Waals surface area contributed by atoms with Crippen molar-refractivity contribution in [3.63, 3.8) is 0 Å². The standard InChI is InChI=1S/C23H38N7O17P3S.H2O/c1-12(31)51-7-6-25-14(32)4-5-26-21(35)18(34)23(2,3)9-44-50(41,42)47-49(39,40)43-8-13-17(46-48(36,37)38)16(33)22(45-13)30-11-29-15-19(24)27-10-28-20(15)30;/h10-11,13,16-18,22,33-34H,4-9H2,1-3H3,(H,25,32)(H,26,35)(H,39,40)(H,41,42)(H2,24,27,28)(H2,36,37,38);1H2/t13-,16-,17-,18+,22-;/m1./s1. The zero-order valence-electron chi connectivity index (χ0n) is 27.6. The number of hydrogen-bond donors (Lipinski definition) is 9. The van der Waals surface area contributed by atoms with Crippen LogP contribution in [0.25, 0.3) is 11.2 Å². The topological polar surface area (TPSA) is 395 Å². The molecule has 2 aromatic heterocycles. The van der Waals surface area contributed by atoms with Crippen LogP contribution in [-0.4, -0.2) is 128 Å². The van der Waals surface area contributed by atoms with Crippen molar-refractivity contribution in [1.82, 2.24) is 30.2 Å². The number of nitrogens with zero attached hydrogens (tertiary/aromatic N) is 4. The number of aliphatic hydroxyl groups is 2. The first-order chi connectivity index (χ1) is 23.5. The van der Waals surface area contributed by atoms with Gasteiger partial charge >= 0.3 is 23.5 Å². The quantitative estimate of drug-likeness (QED) is 0.0539. The lowest BCUT2D eigenvalue weighted by Crippen LogP contribution is -2.46. The summed E-state index contributed by atoms with van der Waals surface area (Å²) in [5.74, 6) is -1.08. The fourth-order valence-electron chi connectivity index (χ4n) is 4.32. The number of ether oxygens (including phenoxy) is 1. The number of hydrogen-bond acceptors (Lipinski definition) is 18. The first-order valence-electron chi connectivity index (χ1n) is 14.5. The number of carbonyl (C=O) groups is 3. The normalized spacial score (nSPS) is 22.2. The highest BCUT2D eigenvalue weighted by atomic mass is 32.2. The van der Waals surface area contributed by atoms with Gasteiger partial charge in [-0.15, -0.1) is 0 Å². The van der Waals surface area contributed by atoms with Crippen LogP contribution in [0.3, 0.4) is 0 Å². The van der Waals surface area contributed by atoms with E-state index in [2.05, 4.69) is 34.4 Å². The third kappa shape index (κ3) is 13.4. The molecule has 7 atom stereocenters. The minimum absolute atomic E-state index is 0. The largest absolute Gasteiger partial charge is 0.481 e. The summed E-state index contributed by atoms with van der Waals surface area (Å²) in [4.78, 5) is 85.9. The van der Waals surface area contributed by atoms with E-state index in [1.807, 2.05) is 0 Å². The Kier molecular flexibility index (Phi) is 16.4. The molecule has 3 rings (SSSR count). The fourth-order valence-corrected chi connectivity index (χ4v) is 7.65. The van der Waals surface area contributed by atoms with Crippen molar-refractivity contribution < 1.29 is 86.0 Å². The SMILES string of the molecule is CC(=O)SCCNC(=O)CCNC(=O)[C@H](O)C(C)(C)COP(=O)(O)OP(=O)(O)OC[C@H]1O[C@@H](n2cnc3c(N)ncnc32)[C@H](O)[C@@H]1OP(=O)(O)O.O. The average Bonchev–Trinajstić information content (AvgIpc) is 3.57. The molecule has 3 heterocycles. The Hall–Kier alpha value is -2.48. The van der Waals surface area contributed by atoms with Gasteiger partial charge in [-0.1, -0.05) is 25.6 Å². The third-order valence-corrected chi connectivity index (χ3v) is 10.7. The van der Waals surface area contributed by atoms with E-state index in [9.17, 15) is 57.9 Å². The Morgan fingerprint density at radius 2 is 1.73 bits per heavy atom. The molecule has 2 amide bonds. The molecule has 0 radical (unpaired) electrons. The van der Waals surface area contributed by atoms with Gasteiger partial charge in [-0.2, -0.15) is 4.31 Å². The zero-order chi connectivity index (χ0) is 38.4. The maximum Gasteiger partial charge on any atom is 0.481 e. The highest BCUT2D eigenvalue weighted by Crippen LogP contribution is 2.61. The van der Waals surface area contributed by atoms with Gasteiger partial charge in [-0.05, 0) is 0 Å². The van der Waals surface area contributed by atoms with E-state index in [1.54, 1.807) is 0 Å². The molecule has 52 heavy (non-hydrogen) atoms. The molecule has 2 unspecified atom stereocenters. The second kappa shape index (κ2) is 18.7. The van der Waals surface area contributed by atoms with Crippen LogP contribution in [0.4, 0.5) is 5.82 Å². The molecular weight excluding hydrogens is 787 g/mol. The summed E-state index contributed by atoms with van der Waals surface area (Å²) < 4.78 is 61.8. The van der Waals surface area contributed by atoms with E-state index in [1.165, 1.54) is 20.8 Å². The number of aromatic nitrogens is 4. The molecule has 1 aliphatic rings. The molecule has 2 aromatic rings. The second-order valence-electron chi connectivity index (χ2n) is 11.4. The van der Waals surface area contributed by atoms with Crippen molar-refractivity contribution in [2.75, 3.05) is 37.8 Å². The van der Waals surface area contributed by atoms with E-state index in [0.717, 1.165) is 29.0 Å². The number of rotatable bonds is 19. The van der Waals surface area contributed by atoms with Crippen molar-refractivity contribution in [3.05, 3.63) is 12.7 Å². The number of amides is 2. The number of anilines is 1. The number of nitrogen functional groups attached to an aromatic ring is 1. The van der Waals surface area contributed by atoms with Crippen LogP contribution in [-0.2, 0) is 50.7 Å². The monoisotopic (exact) mass is 827 g/mol. The summed E-state index contributed by atoms with van der Waals surface area (Å²) in [7, 11) is -16.4. The van der Waals surface area contributed by atoms with Crippen LogP contribution < -0.4 is 16.4 Å².